The summed E-state index contributed by atoms with van der Waals surface area (Å²) in [6, 6.07) is 14.7. The molecule has 1 aromatic heterocycles. The lowest BCUT2D eigenvalue weighted by atomic mass is 9.95. The molecule has 0 saturated carbocycles. The molecule has 0 fully saturated rings. The summed E-state index contributed by atoms with van der Waals surface area (Å²) in [6.45, 7) is 0.504. The average molecular weight is 569 g/mol. The van der Waals surface area contributed by atoms with E-state index in [2.05, 4.69) is 5.32 Å². The van der Waals surface area contributed by atoms with Gasteiger partial charge in [-0.3, -0.25) is 9.59 Å². The van der Waals surface area contributed by atoms with Crippen LogP contribution in [-0.2, 0) is 26.0 Å². The van der Waals surface area contributed by atoms with Crippen LogP contribution in [0.5, 0.6) is 0 Å². The third-order valence-corrected chi connectivity index (χ3v) is 7.64. The number of amides is 2. The van der Waals surface area contributed by atoms with Crippen molar-refractivity contribution >= 4 is 46.0 Å². The Balaban J connectivity index is 1.34. The van der Waals surface area contributed by atoms with Gasteiger partial charge in [0.15, 0.2) is 6.29 Å². The van der Waals surface area contributed by atoms with Crippen LogP contribution >= 0.6 is 23.2 Å². The lowest BCUT2D eigenvalue weighted by molar-refractivity contribution is -0.0647. The number of furan rings is 1. The number of fused-ring (bicyclic) bond motifs is 2. The molecule has 10 heteroatoms. The van der Waals surface area contributed by atoms with Crippen molar-refractivity contribution in [1.29, 1.82) is 0 Å². The predicted octanol–water partition coefficient (Wildman–Crippen LogP) is 4.08. The second-order valence-corrected chi connectivity index (χ2v) is 10.3. The van der Waals surface area contributed by atoms with Crippen LogP contribution in [0.3, 0.4) is 0 Å². The summed E-state index contributed by atoms with van der Waals surface area (Å²) in [5.41, 5.74) is 4.00. The summed E-state index contributed by atoms with van der Waals surface area (Å²) in [6.07, 6.45) is 0.256. The smallest absolute Gasteiger partial charge is 0.254 e. The van der Waals surface area contributed by atoms with E-state index in [-0.39, 0.29) is 41.1 Å². The lowest BCUT2D eigenvalue weighted by Gasteiger charge is -2.30. The number of carbonyl (C=O) groups is 2. The van der Waals surface area contributed by atoms with E-state index in [1.807, 2.05) is 12.1 Å². The van der Waals surface area contributed by atoms with E-state index in [1.165, 1.54) is 0 Å². The maximum atomic E-state index is 13.2. The standard InChI is InChI=1S/C29H26Cl2N2O6/c30-22-12-20-14-33(28(36)19-5-4-18-7-9-39-24(18)13-19)8-6-21(20)26(31)25(22)27(35)32-23(29(37)38)11-16-2-1-3-17(10-16)15-34/h1-5,7,9-10,12-13,23,29,34,37-38H,6,8,11,14-15H2,(H,32,35)/t23-/m0/s1. The van der Waals surface area contributed by atoms with Crippen LogP contribution in [0.4, 0.5) is 0 Å². The number of nitrogens with zero attached hydrogens (tertiary/aromatic N) is 1. The summed E-state index contributed by atoms with van der Waals surface area (Å²) in [4.78, 5) is 28.1. The van der Waals surface area contributed by atoms with Crippen LogP contribution < -0.4 is 5.32 Å². The summed E-state index contributed by atoms with van der Waals surface area (Å²) in [5, 5.41) is 33.0. The molecule has 0 bridgehead atoms. The highest BCUT2D eigenvalue weighted by molar-refractivity contribution is 6.40. The molecular formula is C29H26Cl2N2O6. The zero-order chi connectivity index (χ0) is 27.7. The van der Waals surface area contributed by atoms with E-state index in [1.54, 1.807) is 53.6 Å². The van der Waals surface area contributed by atoms with Crippen molar-refractivity contribution in [3.63, 3.8) is 0 Å². The highest BCUT2D eigenvalue weighted by Crippen LogP contribution is 2.35. The van der Waals surface area contributed by atoms with Crippen molar-refractivity contribution in [2.45, 2.75) is 38.3 Å². The summed E-state index contributed by atoms with van der Waals surface area (Å²) in [5.74, 6) is -0.799. The first kappa shape index (κ1) is 27.2. The van der Waals surface area contributed by atoms with Crippen molar-refractivity contribution in [3.05, 3.63) is 104 Å². The van der Waals surface area contributed by atoms with E-state index in [0.717, 1.165) is 10.9 Å². The Morgan fingerprint density at radius 1 is 1.05 bits per heavy atom. The fraction of sp³-hybridized carbons (Fsp3) is 0.241. The van der Waals surface area contributed by atoms with E-state index in [0.29, 0.717) is 40.8 Å². The largest absolute Gasteiger partial charge is 0.464 e. The fourth-order valence-corrected chi connectivity index (χ4v) is 5.65. The Bertz CT molecular complexity index is 1550. The van der Waals surface area contributed by atoms with Gasteiger partial charge in [-0.2, -0.15) is 0 Å². The van der Waals surface area contributed by atoms with Gasteiger partial charge in [0.2, 0.25) is 0 Å². The molecule has 0 radical (unpaired) electrons. The molecule has 1 aliphatic heterocycles. The first-order valence-corrected chi connectivity index (χ1v) is 13.1. The van der Waals surface area contributed by atoms with Gasteiger partial charge in [-0.1, -0.05) is 53.5 Å². The normalized spacial score (nSPS) is 13.9. The van der Waals surface area contributed by atoms with E-state index in [9.17, 15) is 24.9 Å². The average Bonchev–Trinajstić information content (AvgIpc) is 3.40. The third-order valence-electron chi connectivity index (χ3n) is 6.93. The molecule has 39 heavy (non-hydrogen) atoms. The van der Waals surface area contributed by atoms with Crippen molar-refractivity contribution in [3.8, 4) is 0 Å². The number of carbonyl (C=O) groups excluding carboxylic acids is 2. The number of benzene rings is 3. The first-order chi connectivity index (χ1) is 18.7. The van der Waals surface area contributed by atoms with Gasteiger partial charge in [-0.05, 0) is 59.4 Å². The van der Waals surface area contributed by atoms with Gasteiger partial charge < -0.3 is 30.0 Å². The van der Waals surface area contributed by atoms with Crippen LogP contribution in [-0.4, -0.2) is 50.9 Å². The van der Waals surface area contributed by atoms with Crippen molar-refractivity contribution < 1.29 is 29.3 Å². The maximum absolute atomic E-state index is 13.2. The molecule has 0 aliphatic carbocycles. The second kappa shape index (κ2) is 11.4. The Labute approximate surface area is 234 Å². The number of aliphatic hydroxyl groups excluding tert-OH is 2. The van der Waals surface area contributed by atoms with E-state index >= 15 is 0 Å². The van der Waals surface area contributed by atoms with Crippen LogP contribution in [0, 0.1) is 0 Å². The number of rotatable bonds is 7. The molecule has 2 heterocycles. The topological polar surface area (TPSA) is 123 Å². The Kier molecular flexibility index (Phi) is 7.93. The molecule has 3 aromatic carbocycles. The molecule has 0 unspecified atom stereocenters. The van der Waals surface area contributed by atoms with Gasteiger partial charge >= 0.3 is 0 Å². The number of nitrogens with one attached hydrogen (secondary N) is 1. The molecule has 1 aliphatic rings. The molecule has 1 atom stereocenters. The summed E-state index contributed by atoms with van der Waals surface area (Å²) >= 11 is 13.2. The van der Waals surface area contributed by atoms with Gasteiger partial charge in [0.1, 0.15) is 5.58 Å². The predicted molar refractivity (Wildman–Crippen MR) is 147 cm³/mol. The second-order valence-electron chi connectivity index (χ2n) is 9.51. The number of hydrogen-bond acceptors (Lipinski definition) is 6. The molecule has 202 valence electrons. The molecule has 5 rings (SSSR count). The highest BCUT2D eigenvalue weighted by Gasteiger charge is 2.29. The van der Waals surface area contributed by atoms with Crippen LogP contribution in [0.1, 0.15) is 43.0 Å². The maximum Gasteiger partial charge on any atom is 0.254 e. The fourth-order valence-electron chi connectivity index (χ4n) is 4.88. The molecule has 8 nitrogen and oxygen atoms in total. The molecule has 4 N–H and O–H groups in total. The quantitative estimate of drug-likeness (QED) is 0.249. The third kappa shape index (κ3) is 5.66. The lowest BCUT2D eigenvalue weighted by Crippen LogP contribution is -2.45. The van der Waals surface area contributed by atoms with Gasteiger partial charge in [0.05, 0.1) is 34.5 Å². The molecule has 4 aromatic rings. The van der Waals surface area contributed by atoms with Gasteiger partial charge in [0, 0.05) is 24.0 Å². The minimum Gasteiger partial charge on any atom is -0.464 e. The molecule has 2 amide bonds. The number of halogens is 2. The summed E-state index contributed by atoms with van der Waals surface area (Å²) in [7, 11) is 0. The molecule has 0 saturated heterocycles. The Morgan fingerprint density at radius 3 is 2.62 bits per heavy atom. The summed E-state index contributed by atoms with van der Waals surface area (Å²) < 4.78 is 5.42. The minimum atomic E-state index is -1.85. The first-order valence-electron chi connectivity index (χ1n) is 12.4. The SMILES string of the molecule is O=C(N[C@@H](Cc1cccc(CO)c1)C(O)O)c1c(Cl)cc2c(c1Cl)CCN(C(=O)c1ccc3ccoc3c1)C2. The van der Waals surface area contributed by atoms with Gasteiger partial charge in [-0.25, -0.2) is 0 Å². The van der Waals surface area contributed by atoms with Gasteiger partial charge in [-0.15, -0.1) is 0 Å². The van der Waals surface area contributed by atoms with E-state index in [4.69, 9.17) is 27.6 Å². The monoisotopic (exact) mass is 568 g/mol. The molecular weight excluding hydrogens is 543 g/mol. The van der Waals surface area contributed by atoms with Crippen LogP contribution in [0.25, 0.3) is 11.0 Å². The molecule has 0 spiro atoms. The number of hydrogen-bond donors (Lipinski definition) is 4. The Hall–Kier alpha value is -3.40. The van der Waals surface area contributed by atoms with Crippen LogP contribution in [0.2, 0.25) is 10.0 Å². The van der Waals surface area contributed by atoms with Crippen molar-refractivity contribution in [2.24, 2.45) is 0 Å². The zero-order valence-corrected chi connectivity index (χ0v) is 22.2. The Morgan fingerprint density at radius 2 is 1.85 bits per heavy atom. The highest BCUT2D eigenvalue weighted by atomic mass is 35.5. The van der Waals surface area contributed by atoms with E-state index < -0.39 is 18.2 Å². The minimum absolute atomic E-state index is 0.0369. The zero-order valence-electron chi connectivity index (χ0n) is 20.7. The van der Waals surface area contributed by atoms with Crippen molar-refractivity contribution in [2.75, 3.05) is 6.54 Å². The van der Waals surface area contributed by atoms with Gasteiger partial charge in [0.25, 0.3) is 11.8 Å². The number of aliphatic hydroxyl groups is 3. The van der Waals surface area contributed by atoms with Crippen molar-refractivity contribution in [1.82, 2.24) is 10.2 Å². The van der Waals surface area contributed by atoms with Crippen LogP contribution in [0.15, 0.2) is 65.3 Å².